The number of nitrogens with zero attached hydrogens (tertiary/aromatic N) is 3. The van der Waals surface area contributed by atoms with Crippen LogP contribution in [0.1, 0.15) is 32.9 Å². The summed E-state index contributed by atoms with van der Waals surface area (Å²) in [5.41, 5.74) is 3.77. The molecule has 26 heavy (non-hydrogen) atoms. The van der Waals surface area contributed by atoms with E-state index in [1.165, 1.54) is 17.4 Å². The van der Waals surface area contributed by atoms with Crippen LogP contribution in [0, 0.1) is 5.82 Å². The van der Waals surface area contributed by atoms with Gasteiger partial charge in [0.15, 0.2) is 0 Å². The van der Waals surface area contributed by atoms with Crippen LogP contribution in [0.15, 0.2) is 46.7 Å². The van der Waals surface area contributed by atoms with Gasteiger partial charge in [0.25, 0.3) is 5.91 Å². The van der Waals surface area contributed by atoms with Crippen LogP contribution in [-0.4, -0.2) is 32.3 Å². The van der Waals surface area contributed by atoms with Crippen LogP contribution < -0.4 is 0 Å². The Balaban J connectivity index is 1.66. The Kier molecular flexibility index (Phi) is 3.39. The molecule has 0 spiro atoms. The number of furan rings is 1. The van der Waals surface area contributed by atoms with Gasteiger partial charge in [0, 0.05) is 18.7 Å². The number of carbonyl (C=O) groups is 1. The Morgan fingerprint density at radius 2 is 2.35 bits per heavy atom. The topological polar surface area (TPSA) is 75.0 Å². The second kappa shape index (κ2) is 5.77. The van der Waals surface area contributed by atoms with Gasteiger partial charge in [-0.05, 0) is 18.2 Å². The molecular weight excluding hydrogens is 355 g/mol. The van der Waals surface area contributed by atoms with Gasteiger partial charge in [-0.2, -0.15) is 0 Å². The molecule has 130 valence electrons. The SMILES string of the molecule is O=C(c1cncs1)N1CCc2[nH]cnc2[C@H]1c1cc2c(F)cccc2o1. The number of aromatic amines is 1. The molecule has 4 heterocycles. The van der Waals surface area contributed by atoms with Gasteiger partial charge in [0.1, 0.15) is 28.1 Å². The van der Waals surface area contributed by atoms with Crippen LogP contribution in [0.25, 0.3) is 11.0 Å². The molecule has 1 amide bonds. The van der Waals surface area contributed by atoms with E-state index < -0.39 is 6.04 Å². The van der Waals surface area contributed by atoms with E-state index in [-0.39, 0.29) is 11.7 Å². The molecule has 1 aliphatic heterocycles. The van der Waals surface area contributed by atoms with Gasteiger partial charge in [-0.25, -0.2) is 9.37 Å². The van der Waals surface area contributed by atoms with Gasteiger partial charge in [-0.1, -0.05) is 6.07 Å². The lowest BCUT2D eigenvalue weighted by atomic mass is 10.00. The molecule has 8 heteroatoms. The number of hydrogen-bond acceptors (Lipinski definition) is 5. The third-order valence-corrected chi connectivity index (χ3v) is 5.39. The third-order valence-electron chi connectivity index (χ3n) is 4.63. The number of amides is 1. The summed E-state index contributed by atoms with van der Waals surface area (Å²) in [5, 5.41) is 0.398. The Morgan fingerprint density at radius 1 is 1.42 bits per heavy atom. The molecule has 1 aliphatic rings. The van der Waals surface area contributed by atoms with Crippen molar-refractivity contribution in [1.29, 1.82) is 0 Å². The van der Waals surface area contributed by atoms with Crippen LogP contribution >= 0.6 is 11.3 Å². The lowest BCUT2D eigenvalue weighted by Crippen LogP contribution is -2.40. The van der Waals surface area contributed by atoms with E-state index in [0.717, 1.165) is 11.4 Å². The van der Waals surface area contributed by atoms with Crippen molar-refractivity contribution in [3.05, 3.63) is 70.1 Å². The Labute approximate surface area is 151 Å². The second-order valence-corrected chi connectivity index (χ2v) is 6.97. The first-order chi connectivity index (χ1) is 12.7. The fraction of sp³-hybridized carbons (Fsp3) is 0.167. The third kappa shape index (κ3) is 2.26. The van der Waals surface area contributed by atoms with Gasteiger partial charge in [0.2, 0.25) is 0 Å². The standard InChI is InChI=1S/C18H13FN4O2S/c19-11-2-1-3-13-10(11)6-14(25-13)17-16-12(21-8-22-16)4-5-23(17)18(24)15-7-20-9-26-15/h1-3,6-9,17H,4-5H2,(H,21,22)/t17-/m1/s1. The van der Waals surface area contributed by atoms with Crippen molar-refractivity contribution in [2.45, 2.75) is 12.5 Å². The first-order valence-electron chi connectivity index (χ1n) is 8.12. The second-order valence-electron chi connectivity index (χ2n) is 6.08. The molecule has 3 aromatic heterocycles. The van der Waals surface area contributed by atoms with Gasteiger partial charge in [-0.3, -0.25) is 9.78 Å². The van der Waals surface area contributed by atoms with E-state index in [1.807, 2.05) is 0 Å². The van der Waals surface area contributed by atoms with Crippen LogP contribution in [0.2, 0.25) is 0 Å². The first kappa shape index (κ1) is 15.3. The van der Waals surface area contributed by atoms with E-state index in [4.69, 9.17) is 4.42 Å². The van der Waals surface area contributed by atoms with E-state index in [1.54, 1.807) is 41.1 Å². The summed E-state index contributed by atoms with van der Waals surface area (Å²) < 4.78 is 20.0. The number of rotatable bonds is 2. The minimum atomic E-state index is -0.508. The van der Waals surface area contributed by atoms with Crippen molar-refractivity contribution < 1.29 is 13.6 Å². The molecule has 1 aromatic carbocycles. The maximum absolute atomic E-state index is 14.1. The molecule has 0 aliphatic carbocycles. The highest BCUT2D eigenvalue weighted by Crippen LogP contribution is 2.37. The lowest BCUT2D eigenvalue weighted by Gasteiger charge is -2.33. The highest BCUT2D eigenvalue weighted by atomic mass is 32.1. The minimum absolute atomic E-state index is 0.132. The Bertz CT molecular complexity index is 1100. The highest BCUT2D eigenvalue weighted by Gasteiger charge is 2.37. The number of hydrogen-bond donors (Lipinski definition) is 1. The Hall–Kier alpha value is -3.00. The smallest absolute Gasteiger partial charge is 0.266 e. The van der Waals surface area contributed by atoms with Crippen molar-refractivity contribution in [2.75, 3.05) is 6.54 Å². The summed E-state index contributed by atoms with van der Waals surface area (Å²) >= 11 is 1.29. The predicted octanol–water partition coefficient (Wildman–Crippen LogP) is 3.54. The average Bonchev–Trinajstić information content (AvgIpc) is 3.39. The molecule has 5 rings (SSSR count). The van der Waals surface area contributed by atoms with E-state index in [2.05, 4.69) is 15.0 Å². The number of aromatic nitrogens is 3. The van der Waals surface area contributed by atoms with Crippen molar-refractivity contribution in [1.82, 2.24) is 19.9 Å². The van der Waals surface area contributed by atoms with Crippen LogP contribution in [-0.2, 0) is 6.42 Å². The maximum atomic E-state index is 14.1. The van der Waals surface area contributed by atoms with Crippen LogP contribution in [0.5, 0.6) is 0 Å². The van der Waals surface area contributed by atoms with Crippen LogP contribution in [0.3, 0.4) is 0 Å². The highest BCUT2D eigenvalue weighted by molar-refractivity contribution is 7.11. The summed E-state index contributed by atoms with van der Waals surface area (Å²) in [5.74, 6) is 0.0130. The molecule has 4 aromatic rings. The molecular formula is C18H13FN4O2S. The largest absolute Gasteiger partial charge is 0.458 e. The van der Waals surface area contributed by atoms with Crippen molar-refractivity contribution in [3.63, 3.8) is 0 Å². The van der Waals surface area contributed by atoms with E-state index in [0.29, 0.717) is 34.6 Å². The summed E-state index contributed by atoms with van der Waals surface area (Å²) in [6, 6.07) is 5.86. The number of imidazole rings is 1. The number of benzene rings is 1. The van der Waals surface area contributed by atoms with E-state index in [9.17, 15) is 9.18 Å². The quantitative estimate of drug-likeness (QED) is 0.587. The predicted molar refractivity (Wildman–Crippen MR) is 93.5 cm³/mol. The maximum Gasteiger partial charge on any atom is 0.266 e. The number of halogens is 1. The molecule has 6 nitrogen and oxygen atoms in total. The summed E-state index contributed by atoms with van der Waals surface area (Å²) in [7, 11) is 0. The zero-order chi connectivity index (χ0) is 17.7. The number of H-pyrrole nitrogens is 1. The van der Waals surface area contributed by atoms with Gasteiger partial charge in [-0.15, -0.1) is 11.3 Å². The normalized spacial score (nSPS) is 16.8. The number of nitrogens with one attached hydrogen (secondary N) is 1. The summed E-state index contributed by atoms with van der Waals surface area (Å²) in [6.07, 6.45) is 3.84. The summed E-state index contributed by atoms with van der Waals surface area (Å²) in [4.78, 5) is 26.8. The van der Waals surface area contributed by atoms with Crippen molar-refractivity contribution in [3.8, 4) is 0 Å². The zero-order valence-electron chi connectivity index (χ0n) is 13.5. The lowest BCUT2D eigenvalue weighted by molar-refractivity contribution is 0.0677. The molecule has 0 radical (unpaired) electrons. The molecule has 0 fully saturated rings. The monoisotopic (exact) mass is 368 g/mol. The average molecular weight is 368 g/mol. The molecule has 0 saturated carbocycles. The van der Waals surface area contributed by atoms with E-state index >= 15 is 0 Å². The van der Waals surface area contributed by atoms with Crippen molar-refractivity contribution >= 4 is 28.2 Å². The molecule has 0 saturated heterocycles. The minimum Gasteiger partial charge on any atom is -0.458 e. The van der Waals surface area contributed by atoms with Crippen LogP contribution in [0.4, 0.5) is 4.39 Å². The molecule has 0 unspecified atom stereocenters. The summed E-state index contributed by atoms with van der Waals surface area (Å²) in [6.45, 7) is 0.510. The molecule has 1 N–H and O–H groups in total. The van der Waals surface area contributed by atoms with Gasteiger partial charge in [0.05, 0.1) is 29.1 Å². The fourth-order valence-corrected chi connectivity index (χ4v) is 4.00. The molecule has 0 bridgehead atoms. The first-order valence-corrected chi connectivity index (χ1v) is 9.00. The van der Waals surface area contributed by atoms with Gasteiger partial charge < -0.3 is 14.3 Å². The Morgan fingerprint density at radius 3 is 3.15 bits per heavy atom. The zero-order valence-corrected chi connectivity index (χ0v) is 14.3. The number of fused-ring (bicyclic) bond motifs is 2. The van der Waals surface area contributed by atoms with Crippen molar-refractivity contribution in [2.24, 2.45) is 0 Å². The fourth-order valence-electron chi connectivity index (χ4n) is 3.43. The number of carbonyl (C=O) groups excluding carboxylic acids is 1. The molecule has 1 atom stereocenters. The number of thiazole rings is 1. The van der Waals surface area contributed by atoms with Gasteiger partial charge >= 0.3 is 0 Å².